The number of likely N-dealkylation sites (N-methyl/N-ethyl adjacent to an activating group) is 1. The molecule has 1 aromatic carbocycles. The third-order valence-electron chi connectivity index (χ3n) is 2.93. The molecular formula is C14H18F2N2O2. The SMILES string of the molecule is CNC(=O)C(C)CN(C)CC(=O)c1c(F)cccc1F. The lowest BCUT2D eigenvalue weighted by molar-refractivity contribution is -0.124. The fourth-order valence-corrected chi connectivity index (χ4v) is 1.95. The Labute approximate surface area is 116 Å². The Bertz CT molecular complexity index is 486. The Hall–Kier alpha value is -1.82. The number of benzene rings is 1. The molecular weight excluding hydrogens is 266 g/mol. The van der Waals surface area contributed by atoms with E-state index in [1.165, 1.54) is 13.1 Å². The monoisotopic (exact) mass is 284 g/mol. The highest BCUT2D eigenvalue weighted by atomic mass is 19.1. The van der Waals surface area contributed by atoms with Gasteiger partial charge in [-0.2, -0.15) is 0 Å². The van der Waals surface area contributed by atoms with Crippen molar-refractivity contribution in [2.75, 3.05) is 27.2 Å². The van der Waals surface area contributed by atoms with E-state index in [9.17, 15) is 18.4 Å². The number of hydrogen-bond acceptors (Lipinski definition) is 3. The molecule has 0 fully saturated rings. The lowest BCUT2D eigenvalue weighted by Gasteiger charge is -2.19. The van der Waals surface area contributed by atoms with Crippen LogP contribution in [0.15, 0.2) is 18.2 Å². The molecule has 0 aliphatic carbocycles. The second-order valence-electron chi connectivity index (χ2n) is 4.73. The first-order valence-corrected chi connectivity index (χ1v) is 6.24. The number of ketones is 1. The molecule has 1 atom stereocenters. The molecule has 0 spiro atoms. The van der Waals surface area contributed by atoms with Gasteiger partial charge in [-0.3, -0.25) is 14.5 Å². The third-order valence-corrected chi connectivity index (χ3v) is 2.93. The first-order valence-electron chi connectivity index (χ1n) is 6.24. The lowest BCUT2D eigenvalue weighted by atomic mass is 10.1. The molecule has 0 bridgehead atoms. The van der Waals surface area contributed by atoms with Gasteiger partial charge in [0.05, 0.1) is 12.1 Å². The summed E-state index contributed by atoms with van der Waals surface area (Å²) < 4.78 is 26.9. The molecule has 6 heteroatoms. The van der Waals surface area contributed by atoms with Gasteiger partial charge < -0.3 is 5.32 Å². The largest absolute Gasteiger partial charge is 0.359 e. The van der Waals surface area contributed by atoms with Gasteiger partial charge in [0.1, 0.15) is 11.6 Å². The number of carbonyl (C=O) groups excluding carboxylic acids is 2. The number of amides is 1. The highest BCUT2D eigenvalue weighted by molar-refractivity contribution is 5.98. The molecule has 4 nitrogen and oxygen atoms in total. The Kier molecular flexibility index (Phi) is 5.76. The van der Waals surface area contributed by atoms with Crippen molar-refractivity contribution in [3.63, 3.8) is 0 Å². The van der Waals surface area contributed by atoms with E-state index in [0.717, 1.165) is 12.1 Å². The Morgan fingerprint density at radius 2 is 1.85 bits per heavy atom. The molecule has 0 saturated heterocycles. The van der Waals surface area contributed by atoms with E-state index in [1.54, 1.807) is 18.9 Å². The van der Waals surface area contributed by atoms with Crippen LogP contribution < -0.4 is 5.32 Å². The average Bonchev–Trinajstić information content (AvgIpc) is 2.37. The van der Waals surface area contributed by atoms with E-state index in [0.29, 0.717) is 6.54 Å². The zero-order valence-corrected chi connectivity index (χ0v) is 11.7. The summed E-state index contributed by atoms with van der Waals surface area (Å²) in [6.45, 7) is 1.88. The number of hydrogen-bond donors (Lipinski definition) is 1. The van der Waals surface area contributed by atoms with E-state index in [4.69, 9.17) is 0 Å². The van der Waals surface area contributed by atoms with Crippen molar-refractivity contribution in [2.45, 2.75) is 6.92 Å². The highest BCUT2D eigenvalue weighted by Crippen LogP contribution is 2.13. The minimum atomic E-state index is -0.872. The van der Waals surface area contributed by atoms with Crippen LogP contribution in [0.3, 0.4) is 0 Å². The van der Waals surface area contributed by atoms with Crippen molar-refractivity contribution < 1.29 is 18.4 Å². The van der Waals surface area contributed by atoms with Crippen molar-refractivity contribution >= 4 is 11.7 Å². The predicted octanol–water partition coefficient (Wildman–Crippen LogP) is 1.46. The van der Waals surface area contributed by atoms with E-state index in [2.05, 4.69) is 5.32 Å². The third kappa shape index (κ3) is 4.09. The van der Waals surface area contributed by atoms with Crippen LogP contribution in [-0.2, 0) is 4.79 Å². The first-order chi connectivity index (χ1) is 9.36. The van der Waals surface area contributed by atoms with E-state index < -0.39 is 23.0 Å². The van der Waals surface area contributed by atoms with Gasteiger partial charge >= 0.3 is 0 Å². The average molecular weight is 284 g/mol. The number of Topliss-reactive ketones (excluding diaryl/α,β-unsaturated/α-hetero) is 1. The normalized spacial score (nSPS) is 12.3. The summed E-state index contributed by atoms with van der Waals surface area (Å²) in [7, 11) is 3.15. The standard InChI is InChI=1S/C14H18F2N2O2/c1-9(14(20)17-2)7-18(3)8-12(19)13-10(15)5-4-6-11(13)16/h4-6,9H,7-8H2,1-3H3,(H,17,20). The second kappa shape index (κ2) is 7.09. The van der Waals surface area contributed by atoms with Crippen LogP contribution in [-0.4, -0.2) is 43.8 Å². The maximum Gasteiger partial charge on any atom is 0.223 e. The molecule has 0 aliphatic rings. The molecule has 0 saturated carbocycles. The molecule has 20 heavy (non-hydrogen) atoms. The van der Waals surface area contributed by atoms with Crippen LogP contribution in [0.5, 0.6) is 0 Å². The van der Waals surface area contributed by atoms with E-state index in [1.807, 2.05) is 0 Å². The quantitative estimate of drug-likeness (QED) is 0.805. The molecule has 1 aromatic rings. The molecule has 1 unspecified atom stereocenters. The highest BCUT2D eigenvalue weighted by Gasteiger charge is 2.20. The molecule has 0 heterocycles. The van der Waals surface area contributed by atoms with Gasteiger partial charge in [-0.15, -0.1) is 0 Å². The van der Waals surface area contributed by atoms with Crippen molar-refractivity contribution in [1.29, 1.82) is 0 Å². The zero-order chi connectivity index (χ0) is 15.3. The summed E-state index contributed by atoms with van der Waals surface area (Å²) in [6.07, 6.45) is 0. The predicted molar refractivity (Wildman–Crippen MR) is 71.4 cm³/mol. The Morgan fingerprint density at radius 1 is 1.30 bits per heavy atom. The zero-order valence-electron chi connectivity index (χ0n) is 11.7. The summed E-state index contributed by atoms with van der Waals surface area (Å²) in [5.74, 6) is -2.86. The molecule has 1 amide bonds. The Balaban J connectivity index is 2.69. The van der Waals surface area contributed by atoms with Crippen molar-refractivity contribution in [3.8, 4) is 0 Å². The molecule has 0 radical (unpaired) electrons. The van der Waals surface area contributed by atoms with Gasteiger partial charge in [-0.05, 0) is 19.2 Å². The fourth-order valence-electron chi connectivity index (χ4n) is 1.95. The van der Waals surface area contributed by atoms with Crippen LogP contribution in [0.25, 0.3) is 0 Å². The summed E-state index contributed by atoms with van der Waals surface area (Å²) >= 11 is 0. The van der Waals surface area contributed by atoms with Gasteiger partial charge in [0.25, 0.3) is 0 Å². The minimum absolute atomic E-state index is 0.152. The number of rotatable bonds is 6. The maximum absolute atomic E-state index is 13.5. The van der Waals surface area contributed by atoms with Crippen LogP contribution in [0.4, 0.5) is 8.78 Å². The van der Waals surface area contributed by atoms with Crippen LogP contribution in [0.2, 0.25) is 0 Å². The van der Waals surface area contributed by atoms with Gasteiger partial charge in [-0.25, -0.2) is 8.78 Å². The number of nitrogens with zero attached hydrogens (tertiary/aromatic N) is 1. The molecule has 1 N–H and O–H groups in total. The number of nitrogens with one attached hydrogen (secondary N) is 1. The molecule has 1 rings (SSSR count). The van der Waals surface area contributed by atoms with Crippen LogP contribution in [0.1, 0.15) is 17.3 Å². The van der Waals surface area contributed by atoms with E-state index in [-0.39, 0.29) is 18.4 Å². The van der Waals surface area contributed by atoms with Crippen molar-refractivity contribution in [3.05, 3.63) is 35.4 Å². The first kappa shape index (κ1) is 16.2. The smallest absolute Gasteiger partial charge is 0.223 e. The lowest BCUT2D eigenvalue weighted by Crippen LogP contribution is -2.36. The maximum atomic E-state index is 13.5. The summed E-state index contributed by atoms with van der Waals surface area (Å²) in [4.78, 5) is 24.8. The summed E-state index contributed by atoms with van der Waals surface area (Å²) in [5.41, 5.74) is -0.535. The summed E-state index contributed by atoms with van der Waals surface area (Å²) in [6, 6.07) is 3.30. The van der Waals surface area contributed by atoms with Gasteiger partial charge in [0.15, 0.2) is 5.78 Å². The fraction of sp³-hybridized carbons (Fsp3) is 0.429. The minimum Gasteiger partial charge on any atom is -0.359 e. The van der Waals surface area contributed by atoms with Crippen LogP contribution >= 0.6 is 0 Å². The van der Waals surface area contributed by atoms with Crippen molar-refractivity contribution in [2.24, 2.45) is 5.92 Å². The number of carbonyl (C=O) groups is 2. The second-order valence-corrected chi connectivity index (χ2v) is 4.73. The van der Waals surface area contributed by atoms with Gasteiger partial charge in [-0.1, -0.05) is 13.0 Å². The molecule has 0 aromatic heterocycles. The molecule has 0 aliphatic heterocycles. The van der Waals surface area contributed by atoms with E-state index >= 15 is 0 Å². The van der Waals surface area contributed by atoms with Crippen LogP contribution in [0, 0.1) is 17.6 Å². The Morgan fingerprint density at radius 3 is 2.35 bits per heavy atom. The summed E-state index contributed by atoms with van der Waals surface area (Å²) in [5, 5.41) is 2.50. The van der Waals surface area contributed by atoms with Crippen molar-refractivity contribution in [1.82, 2.24) is 10.2 Å². The molecule has 110 valence electrons. The van der Waals surface area contributed by atoms with Gasteiger partial charge in [0.2, 0.25) is 5.91 Å². The number of halogens is 2. The topological polar surface area (TPSA) is 49.4 Å². The van der Waals surface area contributed by atoms with Gasteiger partial charge in [0, 0.05) is 19.5 Å².